The standard InChI is InChI=1S/C15H25NO5/c1-9(17)6-11(15(2,3)4)13(19)16-8-10(18)7-12(16)14(20)21-5/h10-12,18H,6-8H2,1-5H3/t10-,11-,12+/m1/s1. The lowest BCUT2D eigenvalue weighted by Gasteiger charge is -2.34. The minimum absolute atomic E-state index is 0.0716. The van der Waals surface area contributed by atoms with E-state index < -0.39 is 29.4 Å². The lowest BCUT2D eigenvalue weighted by Crippen LogP contribution is -2.47. The molecule has 1 N–H and O–H groups in total. The predicted molar refractivity (Wildman–Crippen MR) is 76.4 cm³/mol. The van der Waals surface area contributed by atoms with Gasteiger partial charge in [-0.3, -0.25) is 4.79 Å². The Balaban J connectivity index is 3.01. The monoisotopic (exact) mass is 299 g/mol. The van der Waals surface area contributed by atoms with Gasteiger partial charge in [0.15, 0.2) is 0 Å². The topological polar surface area (TPSA) is 83.9 Å². The summed E-state index contributed by atoms with van der Waals surface area (Å²) in [6, 6.07) is -0.769. The molecule has 0 aromatic carbocycles. The van der Waals surface area contributed by atoms with Crippen LogP contribution in [-0.2, 0) is 19.1 Å². The van der Waals surface area contributed by atoms with E-state index in [4.69, 9.17) is 4.74 Å². The second kappa shape index (κ2) is 6.56. The fourth-order valence-corrected chi connectivity index (χ4v) is 2.67. The number of carbonyl (C=O) groups is 3. The maximum Gasteiger partial charge on any atom is 0.328 e. The summed E-state index contributed by atoms with van der Waals surface area (Å²) < 4.78 is 4.70. The van der Waals surface area contributed by atoms with Gasteiger partial charge in [0.05, 0.1) is 13.2 Å². The van der Waals surface area contributed by atoms with Gasteiger partial charge in [-0.25, -0.2) is 4.79 Å². The van der Waals surface area contributed by atoms with Gasteiger partial charge >= 0.3 is 5.97 Å². The molecule has 1 heterocycles. The van der Waals surface area contributed by atoms with Crippen LogP contribution >= 0.6 is 0 Å². The Morgan fingerprint density at radius 1 is 1.33 bits per heavy atom. The number of carbonyl (C=O) groups excluding carboxylic acids is 3. The number of β-amino-alcohol motifs (C(OH)–C–C–N with tert-alkyl or cyclic N) is 1. The number of ketones is 1. The van der Waals surface area contributed by atoms with Crippen LogP contribution in [-0.4, -0.2) is 53.5 Å². The average molecular weight is 299 g/mol. The molecule has 6 heteroatoms. The van der Waals surface area contributed by atoms with Crippen molar-refractivity contribution in [3.63, 3.8) is 0 Å². The fourth-order valence-electron chi connectivity index (χ4n) is 2.67. The number of rotatable bonds is 4. The van der Waals surface area contributed by atoms with Crippen molar-refractivity contribution in [3.05, 3.63) is 0 Å². The Morgan fingerprint density at radius 2 is 1.90 bits per heavy atom. The third kappa shape index (κ3) is 4.27. The van der Waals surface area contributed by atoms with Crippen LogP contribution in [0.1, 0.15) is 40.5 Å². The zero-order valence-corrected chi connectivity index (χ0v) is 13.4. The van der Waals surface area contributed by atoms with Crippen LogP contribution in [0.2, 0.25) is 0 Å². The summed E-state index contributed by atoms with van der Waals surface area (Å²) >= 11 is 0. The molecular weight excluding hydrogens is 274 g/mol. The molecule has 0 saturated carbocycles. The van der Waals surface area contributed by atoms with Crippen molar-refractivity contribution in [2.45, 2.75) is 52.7 Å². The highest BCUT2D eigenvalue weighted by atomic mass is 16.5. The highest BCUT2D eigenvalue weighted by molar-refractivity contribution is 5.90. The summed E-state index contributed by atoms with van der Waals surface area (Å²) in [4.78, 5) is 37.3. The van der Waals surface area contributed by atoms with Crippen molar-refractivity contribution in [1.29, 1.82) is 0 Å². The molecule has 21 heavy (non-hydrogen) atoms. The predicted octanol–water partition coefficient (Wildman–Crippen LogP) is 0.763. The first-order valence-corrected chi connectivity index (χ1v) is 7.13. The number of hydrogen-bond acceptors (Lipinski definition) is 5. The van der Waals surface area contributed by atoms with E-state index >= 15 is 0 Å². The van der Waals surface area contributed by atoms with Crippen LogP contribution < -0.4 is 0 Å². The van der Waals surface area contributed by atoms with Gasteiger partial charge in [-0.05, 0) is 12.3 Å². The molecule has 3 atom stereocenters. The lowest BCUT2D eigenvalue weighted by atomic mass is 9.77. The molecule has 1 rings (SSSR count). The number of esters is 1. The lowest BCUT2D eigenvalue weighted by molar-refractivity contribution is -0.154. The van der Waals surface area contributed by atoms with E-state index in [1.54, 1.807) is 0 Å². The fraction of sp³-hybridized carbons (Fsp3) is 0.800. The first kappa shape index (κ1) is 17.6. The SMILES string of the molecule is COC(=O)[C@@H]1C[C@@H](O)CN1C(=O)[C@@H](CC(C)=O)C(C)(C)C. The normalized spacial score (nSPS) is 23.8. The second-order valence-electron chi connectivity index (χ2n) is 6.74. The van der Waals surface area contributed by atoms with Crippen LogP contribution in [0.5, 0.6) is 0 Å². The van der Waals surface area contributed by atoms with Gasteiger partial charge in [0, 0.05) is 25.3 Å². The van der Waals surface area contributed by atoms with E-state index in [0.717, 1.165) is 0 Å². The minimum atomic E-state index is -0.769. The number of nitrogens with zero attached hydrogens (tertiary/aromatic N) is 1. The van der Waals surface area contributed by atoms with Gasteiger partial charge < -0.3 is 19.5 Å². The average Bonchev–Trinajstić information content (AvgIpc) is 2.74. The highest BCUT2D eigenvalue weighted by Crippen LogP contribution is 2.33. The Morgan fingerprint density at radius 3 is 2.33 bits per heavy atom. The molecule has 1 aliphatic rings. The number of amides is 1. The summed E-state index contributed by atoms with van der Waals surface area (Å²) in [5.74, 6) is -1.40. The van der Waals surface area contributed by atoms with E-state index in [9.17, 15) is 19.5 Å². The van der Waals surface area contributed by atoms with E-state index in [0.29, 0.717) is 0 Å². The molecule has 120 valence electrons. The Bertz CT molecular complexity index is 426. The quantitative estimate of drug-likeness (QED) is 0.775. The first-order valence-electron chi connectivity index (χ1n) is 7.13. The van der Waals surface area contributed by atoms with Crippen LogP contribution in [0.15, 0.2) is 0 Å². The molecule has 0 unspecified atom stereocenters. The van der Waals surface area contributed by atoms with E-state index in [2.05, 4.69) is 0 Å². The molecule has 0 aromatic heterocycles. The van der Waals surface area contributed by atoms with E-state index in [1.807, 2.05) is 20.8 Å². The molecule has 0 spiro atoms. The summed E-state index contributed by atoms with van der Waals surface area (Å²) in [6.45, 7) is 7.21. The maximum absolute atomic E-state index is 12.8. The number of ether oxygens (including phenoxy) is 1. The Kier molecular flexibility index (Phi) is 5.50. The Hall–Kier alpha value is -1.43. The highest BCUT2D eigenvalue weighted by Gasteiger charge is 2.44. The maximum atomic E-state index is 12.8. The van der Waals surface area contributed by atoms with Crippen molar-refractivity contribution in [2.75, 3.05) is 13.7 Å². The van der Waals surface area contributed by atoms with Gasteiger partial charge in [0.25, 0.3) is 0 Å². The van der Waals surface area contributed by atoms with Gasteiger partial charge in [-0.15, -0.1) is 0 Å². The Labute approximate surface area is 125 Å². The van der Waals surface area contributed by atoms with Crippen molar-refractivity contribution in [1.82, 2.24) is 4.90 Å². The van der Waals surface area contributed by atoms with Crippen LogP contribution in [0, 0.1) is 11.3 Å². The van der Waals surface area contributed by atoms with Crippen molar-refractivity contribution in [2.24, 2.45) is 11.3 Å². The number of aliphatic hydroxyl groups excluding tert-OH is 1. The molecule has 6 nitrogen and oxygen atoms in total. The zero-order chi connectivity index (χ0) is 16.4. The second-order valence-corrected chi connectivity index (χ2v) is 6.74. The number of aliphatic hydroxyl groups is 1. The van der Waals surface area contributed by atoms with Crippen LogP contribution in [0.25, 0.3) is 0 Å². The molecule has 1 fully saturated rings. The number of methoxy groups -OCH3 is 1. The number of likely N-dealkylation sites (tertiary alicyclic amines) is 1. The molecule has 0 bridgehead atoms. The zero-order valence-electron chi connectivity index (χ0n) is 13.4. The number of hydrogen-bond donors (Lipinski definition) is 1. The largest absolute Gasteiger partial charge is 0.467 e. The molecule has 1 amide bonds. The molecule has 1 saturated heterocycles. The molecular formula is C15H25NO5. The van der Waals surface area contributed by atoms with Gasteiger partial charge in [-0.2, -0.15) is 0 Å². The van der Waals surface area contributed by atoms with E-state index in [1.165, 1.54) is 18.9 Å². The third-order valence-corrected chi connectivity index (χ3v) is 3.87. The summed E-state index contributed by atoms with van der Waals surface area (Å²) in [7, 11) is 1.26. The molecule has 0 aliphatic carbocycles. The summed E-state index contributed by atoms with van der Waals surface area (Å²) in [5.41, 5.74) is -0.406. The van der Waals surface area contributed by atoms with Gasteiger partial charge in [-0.1, -0.05) is 20.8 Å². The van der Waals surface area contributed by atoms with Crippen LogP contribution in [0.3, 0.4) is 0 Å². The summed E-state index contributed by atoms with van der Waals surface area (Å²) in [6.07, 6.45) is -0.436. The van der Waals surface area contributed by atoms with Crippen molar-refractivity contribution < 1.29 is 24.2 Å². The van der Waals surface area contributed by atoms with Crippen molar-refractivity contribution >= 4 is 17.7 Å². The minimum Gasteiger partial charge on any atom is -0.467 e. The smallest absolute Gasteiger partial charge is 0.328 e. The molecule has 1 aliphatic heterocycles. The van der Waals surface area contributed by atoms with Gasteiger partial charge in [0.1, 0.15) is 11.8 Å². The number of Topliss-reactive ketones (excluding diaryl/α,β-unsaturated/α-hetero) is 1. The summed E-state index contributed by atoms with van der Waals surface area (Å²) in [5, 5.41) is 9.76. The molecule has 0 aromatic rings. The third-order valence-electron chi connectivity index (χ3n) is 3.87. The van der Waals surface area contributed by atoms with Crippen LogP contribution in [0.4, 0.5) is 0 Å². The van der Waals surface area contributed by atoms with E-state index in [-0.39, 0.29) is 31.1 Å². The molecule has 0 radical (unpaired) electrons. The van der Waals surface area contributed by atoms with Gasteiger partial charge in [0.2, 0.25) is 5.91 Å². The first-order chi connectivity index (χ1) is 9.57. The van der Waals surface area contributed by atoms with Crippen molar-refractivity contribution in [3.8, 4) is 0 Å².